The van der Waals surface area contributed by atoms with E-state index in [1.54, 1.807) is 12.5 Å². The first kappa shape index (κ1) is 22.6. The van der Waals surface area contributed by atoms with Crippen molar-refractivity contribution >= 4 is 17.3 Å². The predicted molar refractivity (Wildman–Crippen MR) is 128 cm³/mol. The first-order chi connectivity index (χ1) is 15.5. The summed E-state index contributed by atoms with van der Waals surface area (Å²) in [7, 11) is 0. The van der Waals surface area contributed by atoms with Crippen molar-refractivity contribution in [1.29, 1.82) is 0 Å². The fourth-order valence-electron chi connectivity index (χ4n) is 5.93. The van der Waals surface area contributed by atoms with Crippen molar-refractivity contribution < 1.29 is 9.53 Å². The van der Waals surface area contributed by atoms with Crippen LogP contribution in [-0.2, 0) is 11.3 Å². The molecule has 0 saturated heterocycles. The maximum atomic E-state index is 12.4. The van der Waals surface area contributed by atoms with Crippen molar-refractivity contribution in [3.8, 4) is 0 Å². The van der Waals surface area contributed by atoms with Crippen LogP contribution in [-0.4, -0.2) is 28.1 Å². The normalized spacial score (nSPS) is 26.9. The molecule has 0 aliphatic heterocycles. The Labute approximate surface area is 191 Å². The summed E-state index contributed by atoms with van der Waals surface area (Å²) in [5, 5.41) is 7.44. The molecule has 2 N–H and O–H groups in total. The predicted octanol–water partition coefficient (Wildman–Crippen LogP) is 5.67. The fraction of sp³-hybridized carbons (Fsp3) is 0.577. The summed E-state index contributed by atoms with van der Waals surface area (Å²) >= 11 is 0. The second-order valence-corrected chi connectivity index (χ2v) is 9.75. The Bertz CT molecular complexity index is 899. The highest BCUT2D eigenvalue weighted by atomic mass is 16.5. The molecule has 2 unspecified atom stereocenters. The van der Waals surface area contributed by atoms with Crippen molar-refractivity contribution in [2.45, 2.75) is 71.4 Å². The van der Waals surface area contributed by atoms with E-state index in [-0.39, 0.29) is 11.5 Å². The van der Waals surface area contributed by atoms with E-state index in [1.165, 1.54) is 32.1 Å². The van der Waals surface area contributed by atoms with Gasteiger partial charge in [-0.15, -0.1) is 0 Å². The smallest absolute Gasteiger partial charge is 0.338 e. The highest BCUT2D eigenvalue weighted by Gasteiger charge is 2.42. The number of rotatable bonds is 8. The lowest BCUT2D eigenvalue weighted by Crippen LogP contribution is -2.47. The first-order valence-corrected chi connectivity index (χ1v) is 12.1. The molecule has 2 aliphatic carbocycles. The number of hydrogen-bond acceptors (Lipinski definition) is 6. The molecule has 172 valence electrons. The molecule has 6 heteroatoms. The van der Waals surface area contributed by atoms with E-state index in [4.69, 9.17) is 4.74 Å². The summed E-state index contributed by atoms with van der Waals surface area (Å²) in [5.74, 6) is 2.17. The molecule has 2 aromatic rings. The Morgan fingerprint density at radius 1 is 1.12 bits per heavy atom. The lowest BCUT2D eigenvalue weighted by molar-refractivity contribution is 0.0526. The Hall–Kier alpha value is -2.63. The van der Waals surface area contributed by atoms with Crippen LogP contribution in [0.4, 0.5) is 11.4 Å². The highest BCUT2D eigenvalue weighted by Crippen LogP contribution is 2.49. The molecule has 1 heterocycles. The molecule has 6 nitrogen and oxygen atoms in total. The molecule has 0 radical (unpaired) electrons. The molecule has 1 aromatic heterocycles. The molecule has 4 rings (SSSR count). The molecule has 2 atom stereocenters. The average molecular weight is 437 g/mol. The molecular weight excluding hydrogens is 400 g/mol. The zero-order valence-electron chi connectivity index (χ0n) is 19.6. The second-order valence-electron chi connectivity index (χ2n) is 9.75. The van der Waals surface area contributed by atoms with Gasteiger partial charge < -0.3 is 15.4 Å². The van der Waals surface area contributed by atoms with Gasteiger partial charge in [0.25, 0.3) is 0 Å². The van der Waals surface area contributed by atoms with Crippen LogP contribution in [0.1, 0.15) is 75.3 Å². The van der Waals surface area contributed by atoms with E-state index < -0.39 is 0 Å². The van der Waals surface area contributed by atoms with Gasteiger partial charge in [0.05, 0.1) is 35.8 Å². The zero-order valence-corrected chi connectivity index (χ0v) is 19.6. The number of nitrogens with one attached hydrogen (secondary N) is 2. The number of nitrogens with zero attached hydrogens (tertiary/aromatic N) is 2. The van der Waals surface area contributed by atoms with Crippen molar-refractivity contribution in [3.05, 3.63) is 48.0 Å². The number of hydrogen-bond donors (Lipinski definition) is 2. The summed E-state index contributed by atoms with van der Waals surface area (Å²) in [6, 6.07) is 7.69. The van der Waals surface area contributed by atoms with Gasteiger partial charge in [0.2, 0.25) is 0 Å². The van der Waals surface area contributed by atoms with E-state index in [1.807, 2.05) is 31.2 Å². The zero-order chi connectivity index (χ0) is 22.6. The summed E-state index contributed by atoms with van der Waals surface area (Å²) in [5.41, 5.74) is 3.51. The Balaban J connectivity index is 1.59. The Morgan fingerprint density at radius 2 is 1.91 bits per heavy atom. The van der Waals surface area contributed by atoms with E-state index in [2.05, 4.69) is 34.4 Å². The Morgan fingerprint density at radius 3 is 2.56 bits per heavy atom. The topological polar surface area (TPSA) is 76.1 Å². The minimum atomic E-state index is -0.296. The van der Waals surface area contributed by atoms with Gasteiger partial charge in [0.1, 0.15) is 6.33 Å². The molecule has 2 bridgehead atoms. The molecule has 2 fully saturated rings. The standard InChI is InChI=1S/C26H36N4O2/c1-4-26(14-19-10-18(3)11-20(12-19)15-26)30-23-7-6-21(25(31)32-5-2)13-24(23)28-16-22-8-9-27-17-29-22/h6-9,13,17-20,28,30H,4-5,10-12,14-16H2,1-3H3. The third-order valence-corrected chi connectivity index (χ3v) is 7.21. The van der Waals surface area contributed by atoms with Gasteiger partial charge in [-0.25, -0.2) is 14.8 Å². The number of anilines is 2. The van der Waals surface area contributed by atoms with Gasteiger partial charge in [-0.05, 0) is 87.5 Å². The minimum absolute atomic E-state index is 0.102. The average Bonchev–Trinajstić information content (AvgIpc) is 2.78. The van der Waals surface area contributed by atoms with Gasteiger partial charge in [0.15, 0.2) is 0 Å². The number of esters is 1. The van der Waals surface area contributed by atoms with Gasteiger partial charge in [0, 0.05) is 11.7 Å². The fourth-order valence-corrected chi connectivity index (χ4v) is 5.93. The summed E-state index contributed by atoms with van der Waals surface area (Å²) in [6.45, 7) is 7.47. The van der Waals surface area contributed by atoms with Crippen molar-refractivity contribution in [2.24, 2.45) is 17.8 Å². The summed E-state index contributed by atoms with van der Waals surface area (Å²) in [6.07, 6.45) is 10.9. The number of aromatic nitrogens is 2. The van der Waals surface area contributed by atoms with Crippen molar-refractivity contribution in [3.63, 3.8) is 0 Å². The van der Waals surface area contributed by atoms with Crippen LogP contribution >= 0.6 is 0 Å². The molecule has 2 aliphatic rings. The van der Waals surface area contributed by atoms with Crippen molar-refractivity contribution in [1.82, 2.24) is 9.97 Å². The highest BCUT2D eigenvalue weighted by molar-refractivity contribution is 5.92. The third-order valence-electron chi connectivity index (χ3n) is 7.21. The van der Waals surface area contributed by atoms with Crippen LogP contribution in [0.2, 0.25) is 0 Å². The summed E-state index contributed by atoms with van der Waals surface area (Å²) in [4.78, 5) is 20.7. The number of ether oxygens (including phenoxy) is 1. The van der Waals surface area contributed by atoms with E-state index in [0.29, 0.717) is 18.7 Å². The molecule has 0 spiro atoms. The lowest BCUT2D eigenvalue weighted by atomic mass is 9.61. The number of carbonyl (C=O) groups is 1. The molecule has 2 saturated carbocycles. The van der Waals surface area contributed by atoms with E-state index in [9.17, 15) is 4.79 Å². The van der Waals surface area contributed by atoms with Crippen LogP contribution in [0.15, 0.2) is 36.8 Å². The first-order valence-electron chi connectivity index (χ1n) is 12.1. The SMILES string of the molecule is CCOC(=O)c1ccc(NC2(CC)CC3CC(C)CC(C3)C2)c(NCc2ccncn2)c1. The van der Waals surface area contributed by atoms with Crippen molar-refractivity contribution in [2.75, 3.05) is 17.2 Å². The van der Waals surface area contributed by atoms with Crippen LogP contribution in [0.5, 0.6) is 0 Å². The van der Waals surface area contributed by atoms with Gasteiger partial charge in [-0.1, -0.05) is 13.8 Å². The van der Waals surface area contributed by atoms with Crippen LogP contribution in [0.25, 0.3) is 0 Å². The molecule has 0 amide bonds. The molecular formula is C26H36N4O2. The number of benzene rings is 1. The maximum Gasteiger partial charge on any atom is 0.338 e. The molecule has 1 aromatic carbocycles. The second kappa shape index (κ2) is 9.88. The van der Waals surface area contributed by atoms with Crippen LogP contribution < -0.4 is 10.6 Å². The quantitative estimate of drug-likeness (QED) is 0.519. The number of fused-ring (bicyclic) bond motifs is 2. The monoisotopic (exact) mass is 436 g/mol. The maximum absolute atomic E-state index is 12.4. The van der Waals surface area contributed by atoms with Gasteiger partial charge in [-0.2, -0.15) is 0 Å². The van der Waals surface area contributed by atoms with E-state index >= 15 is 0 Å². The molecule has 32 heavy (non-hydrogen) atoms. The number of carbonyl (C=O) groups excluding carboxylic acids is 1. The van der Waals surface area contributed by atoms with E-state index in [0.717, 1.165) is 41.2 Å². The summed E-state index contributed by atoms with van der Waals surface area (Å²) < 4.78 is 5.23. The minimum Gasteiger partial charge on any atom is -0.462 e. The van der Waals surface area contributed by atoms with Crippen LogP contribution in [0, 0.1) is 17.8 Å². The van der Waals surface area contributed by atoms with Crippen LogP contribution in [0.3, 0.4) is 0 Å². The van der Waals surface area contributed by atoms with Gasteiger partial charge >= 0.3 is 5.97 Å². The van der Waals surface area contributed by atoms with Gasteiger partial charge in [-0.3, -0.25) is 0 Å². The largest absolute Gasteiger partial charge is 0.462 e. The Kier molecular flexibility index (Phi) is 6.97. The lowest BCUT2D eigenvalue weighted by Gasteiger charge is -2.49. The third kappa shape index (κ3) is 5.22.